The topological polar surface area (TPSA) is 21.3 Å². The van der Waals surface area contributed by atoms with Gasteiger partial charge >= 0.3 is 0 Å². The molecular weight excluding hydrogens is 86.1 g/mol. The first-order valence-electron chi connectivity index (χ1n) is 1.27. The Bertz CT molecular complexity index is 17.1. The van der Waals surface area contributed by atoms with Crippen LogP contribution in [0.15, 0.2) is 0 Å². The van der Waals surface area contributed by atoms with Gasteiger partial charge < -0.3 is 4.74 Å². The van der Waals surface area contributed by atoms with Gasteiger partial charge in [-0.25, -0.2) is 4.72 Å². The van der Waals surface area contributed by atoms with Crippen molar-refractivity contribution in [3.63, 3.8) is 0 Å². The number of nitrogens with one attached hydrogen (secondary N) is 1. The van der Waals surface area contributed by atoms with Crippen molar-refractivity contribution in [2.24, 2.45) is 0 Å². The van der Waals surface area contributed by atoms with E-state index in [0.29, 0.717) is 6.73 Å². The van der Waals surface area contributed by atoms with Gasteiger partial charge in [-0.1, -0.05) is 12.8 Å². The van der Waals surface area contributed by atoms with Crippen molar-refractivity contribution in [2.75, 3.05) is 13.8 Å². The molecule has 0 rings (SSSR count). The van der Waals surface area contributed by atoms with Crippen molar-refractivity contribution in [1.29, 1.82) is 0 Å². The smallest absolute Gasteiger partial charge is 0.105 e. The number of hydrogen-bond acceptors (Lipinski definition) is 3. The van der Waals surface area contributed by atoms with Gasteiger partial charge in [0.1, 0.15) is 6.73 Å². The summed E-state index contributed by atoms with van der Waals surface area (Å²) in [5.74, 6) is 0. The first kappa shape index (κ1) is 5.27. The number of rotatable bonds is 2. The molecule has 3 heteroatoms. The molecule has 0 aromatic rings. The summed E-state index contributed by atoms with van der Waals surface area (Å²) in [4.78, 5) is 0. The van der Waals surface area contributed by atoms with Crippen molar-refractivity contribution >= 4 is 12.8 Å². The molecule has 0 aliphatic carbocycles. The van der Waals surface area contributed by atoms with E-state index in [2.05, 4.69) is 22.3 Å². The third-order valence-electron chi connectivity index (χ3n) is 0.209. The van der Waals surface area contributed by atoms with Crippen LogP contribution in [0.3, 0.4) is 0 Å². The highest BCUT2D eigenvalue weighted by Gasteiger charge is 1.62. The number of methoxy groups -OCH3 is 1. The quantitative estimate of drug-likeness (QED) is 0.371. The molecule has 5 heavy (non-hydrogen) atoms. The fourth-order valence-corrected chi connectivity index (χ4v) is 0.194. The predicted octanol–water partition coefficient (Wildman–Crippen LogP) is 0.0247. The van der Waals surface area contributed by atoms with Crippen molar-refractivity contribution < 1.29 is 4.74 Å². The van der Waals surface area contributed by atoms with Crippen LogP contribution >= 0.6 is 12.8 Å². The molecule has 0 aromatic heterocycles. The molecule has 0 saturated heterocycles. The van der Waals surface area contributed by atoms with Crippen molar-refractivity contribution in [3.8, 4) is 0 Å². The van der Waals surface area contributed by atoms with E-state index in [4.69, 9.17) is 0 Å². The molecule has 0 spiro atoms. The maximum absolute atomic E-state index is 4.50. The lowest BCUT2D eigenvalue weighted by Crippen LogP contribution is -2.01. The maximum Gasteiger partial charge on any atom is 0.105 e. The van der Waals surface area contributed by atoms with Gasteiger partial charge in [0.25, 0.3) is 0 Å². The SMILES string of the molecule is COCNS. The molecule has 0 saturated carbocycles. The zero-order valence-electron chi connectivity index (χ0n) is 3.06. The number of ether oxygens (including phenoxy) is 1. The van der Waals surface area contributed by atoms with Crippen LogP contribution in [0.1, 0.15) is 0 Å². The van der Waals surface area contributed by atoms with Crippen LogP contribution in [-0.2, 0) is 4.74 Å². The summed E-state index contributed by atoms with van der Waals surface area (Å²) in [6, 6.07) is 0. The Labute approximate surface area is 37.1 Å². The molecule has 2 nitrogen and oxygen atoms in total. The van der Waals surface area contributed by atoms with E-state index in [9.17, 15) is 0 Å². The summed E-state index contributed by atoms with van der Waals surface area (Å²) < 4.78 is 6.99. The molecule has 0 aliphatic rings. The highest BCUT2D eigenvalue weighted by Crippen LogP contribution is 1.57. The van der Waals surface area contributed by atoms with Crippen LogP contribution in [0, 0.1) is 0 Å². The van der Waals surface area contributed by atoms with E-state index >= 15 is 0 Å². The summed E-state index contributed by atoms with van der Waals surface area (Å²) >= 11 is 3.63. The summed E-state index contributed by atoms with van der Waals surface area (Å²) in [5, 5.41) is 0. The fourth-order valence-electron chi connectivity index (χ4n) is 0.0645. The minimum absolute atomic E-state index is 0.503. The van der Waals surface area contributed by atoms with Crippen molar-refractivity contribution in [1.82, 2.24) is 4.72 Å². The first-order chi connectivity index (χ1) is 2.41. The van der Waals surface area contributed by atoms with Crippen LogP contribution in [-0.4, -0.2) is 13.8 Å². The molecule has 0 atom stereocenters. The lowest BCUT2D eigenvalue weighted by atomic mass is 11.3. The lowest BCUT2D eigenvalue weighted by molar-refractivity contribution is 0.197. The largest absolute Gasteiger partial charge is 0.369 e. The molecule has 0 aromatic carbocycles. The van der Waals surface area contributed by atoms with Crippen LogP contribution in [0.5, 0.6) is 0 Å². The third-order valence-corrected chi connectivity index (χ3v) is 0.338. The molecule has 0 aliphatic heterocycles. The Morgan fingerprint density at radius 1 is 2.00 bits per heavy atom. The van der Waals surface area contributed by atoms with Gasteiger partial charge in [0.05, 0.1) is 0 Å². The normalized spacial score (nSPS) is 8.40. The van der Waals surface area contributed by atoms with Crippen molar-refractivity contribution in [2.45, 2.75) is 0 Å². The Morgan fingerprint density at radius 3 is 2.60 bits per heavy atom. The Balaban J connectivity index is 2.19. The molecule has 0 amide bonds. The average Bonchev–Trinajstić information content (AvgIpc) is 1.41. The van der Waals surface area contributed by atoms with E-state index in [0.717, 1.165) is 0 Å². The minimum Gasteiger partial charge on any atom is -0.369 e. The van der Waals surface area contributed by atoms with E-state index in [1.165, 1.54) is 0 Å². The summed E-state index contributed by atoms with van der Waals surface area (Å²) in [6.45, 7) is 0.503. The van der Waals surface area contributed by atoms with Gasteiger partial charge in [-0.15, -0.1) is 0 Å². The molecule has 32 valence electrons. The van der Waals surface area contributed by atoms with Gasteiger partial charge in [-0.05, 0) is 0 Å². The summed E-state index contributed by atoms with van der Waals surface area (Å²) in [6.07, 6.45) is 0. The second kappa shape index (κ2) is 4.27. The molecule has 0 bridgehead atoms. The van der Waals surface area contributed by atoms with Gasteiger partial charge in [0, 0.05) is 7.11 Å². The third kappa shape index (κ3) is 4.27. The molecule has 0 fully saturated rings. The Morgan fingerprint density at radius 2 is 2.60 bits per heavy atom. The molecule has 0 heterocycles. The monoisotopic (exact) mass is 93.0 g/mol. The van der Waals surface area contributed by atoms with Crippen LogP contribution < -0.4 is 4.72 Å². The summed E-state index contributed by atoms with van der Waals surface area (Å²) in [7, 11) is 1.60. The fraction of sp³-hybridized carbons (Fsp3) is 1.00. The van der Waals surface area contributed by atoms with E-state index in [1.54, 1.807) is 7.11 Å². The van der Waals surface area contributed by atoms with E-state index in [-0.39, 0.29) is 0 Å². The highest BCUT2D eigenvalue weighted by atomic mass is 32.1. The first-order valence-corrected chi connectivity index (χ1v) is 1.72. The molecular formula is C2H7NOS. The van der Waals surface area contributed by atoms with Gasteiger partial charge in [-0.2, -0.15) is 0 Å². The minimum atomic E-state index is 0.503. The maximum atomic E-state index is 4.50. The van der Waals surface area contributed by atoms with E-state index in [1.807, 2.05) is 0 Å². The van der Waals surface area contributed by atoms with Crippen molar-refractivity contribution in [3.05, 3.63) is 0 Å². The summed E-state index contributed by atoms with van der Waals surface area (Å²) in [5.41, 5.74) is 0. The Kier molecular flexibility index (Phi) is 4.50. The van der Waals surface area contributed by atoms with E-state index < -0.39 is 0 Å². The number of thiol groups is 1. The zero-order chi connectivity index (χ0) is 4.12. The van der Waals surface area contributed by atoms with Gasteiger partial charge in [-0.3, -0.25) is 0 Å². The van der Waals surface area contributed by atoms with Crippen LogP contribution in [0.4, 0.5) is 0 Å². The lowest BCUT2D eigenvalue weighted by Gasteiger charge is -1.87. The van der Waals surface area contributed by atoms with Crippen LogP contribution in [0.2, 0.25) is 0 Å². The predicted molar refractivity (Wildman–Crippen MR) is 24.0 cm³/mol. The Hall–Kier alpha value is 0.270. The number of hydrogen-bond donors (Lipinski definition) is 2. The molecule has 1 N–H and O–H groups in total. The second-order valence-corrected chi connectivity index (χ2v) is 0.907. The molecule has 0 radical (unpaired) electrons. The standard InChI is InChI=1S/C2H7NOS/c1-4-2-3-5/h3,5H,2H2,1H3. The zero-order valence-corrected chi connectivity index (χ0v) is 3.96. The average molecular weight is 93.2 g/mol. The van der Waals surface area contributed by atoms with Gasteiger partial charge in [0.2, 0.25) is 0 Å². The second-order valence-electron chi connectivity index (χ2n) is 0.591. The highest BCUT2D eigenvalue weighted by molar-refractivity contribution is 7.78. The van der Waals surface area contributed by atoms with Gasteiger partial charge in [0.15, 0.2) is 0 Å². The van der Waals surface area contributed by atoms with Crippen LogP contribution in [0.25, 0.3) is 0 Å². The molecule has 0 unspecified atom stereocenters.